The highest BCUT2D eigenvalue weighted by atomic mass is 32.1. The van der Waals surface area contributed by atoms with E-state index in [0.29, 0.717) is 16.6 Å². The second-order valence-electron chi connectivity index (χ2n) is 2.68. The maximum absolute atomic E-state index is 11.1. The van der Waals surface area contributed by atoms with E-state index in [9.17, 15) is 9.59 Å². The number of ether oxygens (including phenoxy) is 2. The zero-order valence-corrected chi connectivity index (χ0v) is 9.80. The molecule has 0 radical (unpaired) electrons. The lowest BCUT2D eigenvalue weighted by Crippen LogP contribution is -2.16. The number of thiazole rings is 1. The van der Waals surface area contributed by atoms with Crippen molar-refractivity contribution in [3.8, 4) is 0 Å². The van der Waals surface area contributed by atoms with Gasteiger partial charge in [0.25, 0.3) is 0 Å². The van der Waals surface area contributed by atoms with Crippen molar-refractivity contribution in [3.05, 3.63) is 11.1 Å². The van der Waals surface area contributed by atoms with Crippen LogP contribution in [-0.4, -0.2) is 37.2 Å². The van der Waals surface area contributed by atoms with E-state index in [4.69, 9.17) is 4.74 Å². The highest BCUT2D eigenvalue weighted by Crippen LogP contribution is 2.18. The number of nitrogens with zero attached hydrogens (tertiary/aromatic N) is 1. The van der Waals surface area contributed by atoms with E-state index >= 15 is 0 Å². The molecule has 0 aliphatic carbocycles. The second-order valence-corrected chi connectivity index (χ2v) is 3.71. The minimum Gasteiger partial charge on any atom is -0.465 e. The van der Waals surface area contributed by atoms with E-state index in [-0.39, 0.29) is 12.5 Å². The summed E-state index contributed by atoms with van der Waals surface area (Å²) in [6, 6.07) is 0. The molecule has 0 aromatic carbocycles. The number of methoxy groups -OCH3 is 1. The van der Waals surface area contributed by atoms with Gasteiger partial charge in [0.05, 0.1) is 19.9 Å². The van der Waals surface area contributed by atoms with Crippen LogP contribution in [0.2, 0.25) is 0 Å². The van der Waals surface area contributed by atoms with Gasteiger partial charge in [0, 0.05) is 0 Å². The zero-order chi connectivity index (χ0) is 12.0. The largest absolute Gasteiger partial charge is 0.465 e. The molecule has 0 bridgehead atoms. The smallest absolute Gasteiger partial charge is 0.349 e. The topological polar surface area (TPSA) is 77.5 Å². The average molecular weight is 244 g/mol. The fraction of sp³-hybridized carbons (Fsp3) is 0.444. The molecular weight excluding hydrogens is 232 g/mol. The Morgan fingerprint density at radius 1 is 1.56 bits per heavy atom. The number of rotatable bonds is 5. The summed E-state index contributed by atoms with van der Waals surface area (Å²) in [5, 5.41) is 3.23. The molecule has 0 spiro atoms. The maximum atomic E-state index is 11.1. The van der Waals surface area contributed by atoms with Crippen LogP contribution in [0.25, 0.3) is 0 Å². The highest BCUT2D eigenvalue weighted by Gasteiger charge is 2.11. The van der Waals surface area contributed by atoms with Gasteiger partial charge in [0.1, 0.15) is 11.4 Å². The molecule has 6 nitrogen and oxygen atoms in total. The fourth-order valence-corrected chi connectivity index (χ4v) is 1.64. The van der Waals surface area contributed by atoms with Gasteiger partial charge in [-0.15, -0.1) is 0 Å². The van der Waals surface area contributed by atoms with Crippen LogP contribution in [0.5, 0.6) is 0 Å². The summed E-state index contributed by atoms with van der Waals surface area (Å²) >= 11 is 1.12. The maximum Gasteiger partial charge on any atom is 0.349 e. The quantitative estimate of drug-likeness (QED) is 0.775. The van der Waals surface area contributed by atoms with Crippen LogP contribution in [0.4, 0.5) is 5.13 Å². The molecule has 0 aliphatic rings. The van der Waals surface area contributed by atoms with Gasteiger partial charge < -0.3 is 14.8 Å². The standard InChI is InChI=1S/C9H12N2O4S/c1-3-15-7(12)5-11-9-10-4-6(16-9)8(13)14-2/h4H,3,5H2,1-2H3,(H,10,11). The molecule has 1 aromatic rings. The number of esters is 2. The summed E-state index contributed by atoms with van der Waals surface area (Å²) in [6.45, 7) is 2.10. The van der Waals surface area contributed by atoms with Gasteiger partial charge in [0.15, 0.2) is 5.13 Å². The molecule has 7 heteroatoms. The summed E-state index contributed by atoms with van der Waals surface area (Å²) in [5.74, 6) is -0.806. The van der Waals surface area contributed by atoms with Crippen LogP contribution in [-0.2, 0) is 14.3 Å². The summed E-state index contributed by atoms with van der Waals surface area (Å²) in [7, 11) is 1.30. The van der Waals surface area contributed by atoms with Crippen molar-refractivity contribution in [1.82, 2.24) is 4.98 Å². The Balaban J connectivity index is 2.46. The number of carbonyl (C=O) groups excluding carboxylic acids is 2. The first-order valence-electron chi connectivity index (χ1n) is 4.61. The van der Waals surface area contributed by atoms with Crippen LogP contribution in [0, 0.1) is 0 Å². The minimum absolute atomic E-state index is 0.0297. The van der Waals surface area contributed by atoms with Gasteiger partial charge in [-0.2, -0.15) is 0 Å². The first-order valence-corrected chi connectivity index (χ1v) is 5.42. The van der Waals surface area contributed by atoms with Crippen molar-refractivity contribution in [2.24, 2.45) is 0 Å². The van der Waals surface area contributed by atoms with Gasteiger partial charge in [0.2, 0.25) is 0 Å². The Bertz CT molecular complexity index is 377. The lowest BCUT2D eigenvalue weighted by atomic mass is 10.6. The number of carbonyl (C=O) groups is 2. The number of aromatic nitrogens is 1. The van der Waals surface area contributed by atoms with Crippen molar-refractivity contribution < 1.29 is 19.1 Å². The van der Waals surface area contributed by atoms with E-state index in [1.54, 1.807) is 6.92 Å². The Hall–Kier alpha value is -1.63. The van der Waals surface area contributed by atoms with Gasteiger partial charge in [-0.05, 0) is 6.92 Å². The van der Waals surface area contributed by atoms with Crippen molar-refractivity contribution >= 4 is 28.4 Å². The fourth-order valence-electron chi connectivity index (χ4n) is 0.911. The number of hydrogen-bond acceptors (Lipinski definition) is 7. The van der Waals surface area contributed by atoms with Crippen LogP contribution in [0.15, 0.2) is 6.20 Å². The highest BCUT2D eigenvalue weighted by molar-refractivity contribution is 7.17. The van der Waals surface area contributed by atoms with Crippen LogP contribution >= 0.6 is 11.3 Å². The molecule has 1 N–H and O–H groups in total. The number of nitrogens with one attached hydrogen (secondary N) is 1. The molecule has 1 heterocycles. The molecule has 16 heavy (non-hydrogen) atoms. The van der Waals surface area contributed by atoms with Crippen molar-refractivity contribution in [2.75, 3.05) is 25.6 Å². The van der Waals surface area contributed by atoms with Crippen molar-refractivity contribution in [3.63, 3.8) is 0 Å². The summed E-state index contributed by atoms with van der Waals surface area (Å²) in [5.41, 5.74) is 0. The summed E-state index contributed by atoms with van der Waals surface area (Å²) in [6.07, 6.45) is 1.39. The molecule has 0 amide bonds. The lowest BCUT2D eigenvalue weighted by molar-refractivity contribution is -0.140. The van der Waals surface area contributed by atoms with Gasteiger partial charge >= 0.3 is 11.9 Å². The average Bonchev–Trinajstić information content (AvgIpc) is 2.74. The Morgan fingerprint density at radius 2 is 2.31 bits per heavy atom. The molecule has 1 rings (SSSR count). The van der Waals surface area contributed by atoms with Crippen LogP contribution < -0.4 is 5.32 Å². The third-order valence-electron chi connectivity index (χ3n) is 1.58. The molecule has 0 saturated carbocycles. The van der Waals surface area contributed by atoms with Gasteiger partial charge in [-0.1, -0.05) is 11.3 Å². The molecule has 0 atom stereocenters. The number of hydrogen-bond donors (Lipinski definition) is 1. The van der Waals surface area contributed by atoms with Crippen LogP contribution in [0.3, 0.4) is 0 Å². The molecule has 0 aliphatic heterocycles. The molecule has 1 aromatic heterocycles. The number of anilines is 1. The van der Waals surface area contributed by atoms with E-state index in [1.807, 2.05) is 0 Å². The molecule has 88 valence electrons. The first kappa shape index (κ1) is 12.4. The van der Waals surface area contributed by atoms with Gasteiger partial charge in [-0.3, -0.25) is 4.79 Å². The zero-order valence-electron chi connectivity index (χ0n) is 8.98. The predicted molar refractivity (Wildman–Crippen MR) is 58.6 cm³/mol. The molecular formula is C9H12N2O4S. The molecule has 0 saturated heterocycles. The predicted octanol–water partition coefficient (Wildman–Crippen LogP) is 0.905. The normalized spacial score (nSPS) is 9.62. The molecule has 0 fully saturated rings. The first-order chi connectivity index (χ1) is 7.67. The van der Waals surface area contributed by atoms with Crippen molar-refractivity contribution in [2.45, 2.75) is 6.92 Å². The van der Waals surface area contributed by atoms with E-state index < -0.39 is 5.97 Å². The Morgan fingerprint density at radius 3 is 2.94 bits per heavy atom. The van der Waals surface area contributed by atoms with Crippen molar-refractivity contribution in [1.29, 1.82) is 0 Å². The Labute approximate surface area is 96.6 Å². The second kappa shape index (κ2) is 6.06. The third-order valence-corrected chi connectivity index (χ3v) is 2.52. The van der Waals surface area contributed by atoms with E-state index in [1.165, 1.54) is 13.3 Å². The third kappa shape index (κ3) is 3.50. The van der Waals surface area contributed by atoms with E-state index in [2.05, 4.69) is 15.0 Å². The summed E-state index contributed by atoms with van der Waals surface area (Å²) in [4.78, 5) is 26.4. The Kier molecular flexibility index (Phi) is 4.71. The van der Waals surface area contributed by atoms with Gasteiger partial charge in [-0.25, -0.2) is 9.78 Å². The molecule has 0 unspecified atom stereocenters. The lowest BCUT2D eigenvalue weighted by Gasteiger charge is -2.01. The minimum atomic E-state index is -0.443. The van der Waals surface area contributed by atoms with Crippen LogP contribution in [0.1, 0.15) is 16.6 Å². The van der Waals surface area contributed by atoms with E-state index in [0.717, 1.165) is 11.3 Å². The summed E-state index contributed by atoms with van der Waals surface area (Å²) < 4.78 is 9.25. The monoisotopic (exact) mass is 244 g/mol. The SMILES string of the molecule is CCOC(=O)CNc1ncc(C(=O)OC)s1.